The first kappa shape index (κ1) is 12.7. The van der Waals surface area contributed by atoms with Crippen LogP contribution >= 0.6 is 0 Å². The molecule has 96 valence electrons. The lowest BCUT2D eigenvalue weighted by Gasteiger charge is -2.26. The van der Waals surface area contributed by atoms with Crippen LogP contribution < -0.4 is 9.64 Å². The van der Waals surface area contributed by atoms with Crippen molar-refractivity contribution in [3.05, 3.63) is 24.3 Å². The number of nitriles is 1. The van der Waals surface area contributed by atoms with Gasteiger partial charge in [-0.05, 0) is 43.5 Å². The first-order chi connectivity index (χ1) is 8.83. The summed E-state index contributed by atoms with van der Waals surface area (Å²) in [6.45, 7) is 1.44. The molecule has 0 radical (unpaired) electrons. The third-order valence-corrected chi connectivity index (χ3v) is 3.17. The molecular formula is C14H18N2O2. The fraction of sp³-hybridized carbons (Fsp3) is 0.500. The molecule has 1 unspecified atom stereocenters. The molecule has 1 aliphatic rings. The zero-order valence-corrected chi connectivity index (χ0v) is 10.6. The van der Waals surface area contributed by atoms with Crippen LogP contribution in [0.25, 0.3) is 0 Å². The topological polar surface area (TPSA) is 45.5 Å². The van der Waals surface area contributed by atoms with Crippen LogP contribution in [0.1, 0.15) is 19.3 Å². The summed E-state index contributed by atoms with van der Waals surface area (Å²) in [5.74, 6) is 0.797. The molecule has 1 aromatic carbocycles. The van der Waals surface area contributed by atoms with Crippen LogP contribution in [0.2, 0.25) is 0 Å². The Bertz CT molecular complexity index is 405. The Morgan fingerprint density at radius 1 is 1.39 bits per heavy atom. The molecule has 0 bridgehead atoms. The van der Waals surface area contributed by atoms with Crippen LogP contribution in [0.5, 0.6) is 5.75 Å². The van der Waals surface area contributed by atoms with E-state index in [1.807, 2.05) is 24.3 Å². The lowest BCUT2D eigenvalue weighted by Crippen LogP contribution is -2.32. The summed E-state index contributed by atoms with van der Waals surface area (Å²) in [5, 5.41) is 9.23. The SMILES string of the molecule is COc1ccc(N(C#N)CC2CCCCO2)cc1. The predicted molar refractivity (Wildman–Crippen MR) is 69.5 cm³/mol. The number of nitrogens with zero attached hydrogens (tertiary/aromatic N) is 2. The molecule has 0 aliphatic carbocycles. The van der Waals surface area contributed by atoms with E-state index in [1.165, 1.54) is 6.42 Å². The minimum Gasteiger partial charge on any atom is -0.497 e. The van der Waals surface area contributed by atoms with Crippen LogP contribution in [0.15, 0.2) is 24.3 Å². The average Bonchev–Trinajstić information content (AvgIpc) is 2.46. The van der Waals surface area contributed by atoms with Gasteiger partial charge in [-0.15, -0.1) is 0 Å². The maximum absolute atomic E-state index is 9.23. The van der Waals surface area contributed by atoms with Crippen molar-refractivity contribution in [2.45, 2.75) is 25.4 Å². The van der Waals surface area contributed by atoms with Crippen molar-refractivity contribution < 1.29 is 9.47 Å². The van der Waals surface area contributed by atoms with Crippen LogP contribution in [0, 0.1) is 11.5 Å². The van der Waals surface area contributed by atoms with Gasteiger partial charge in [0.1, 0.15) is 5.75 Å². The van der Waals surface area contributed by atoms with Gasteiger partial charge in [-0.25, -0.2) is 0 Å². The van der Waals surface area contributed by atoms with E-state index < -0.39 is 0 Å². The molecule has 0 saturated carbocycles. The molecule has 4 nitrogen and oxygen atoms in total. The van der Waals surface area contributed by atoms with E-state index in [0.717, 1.165) is 30.9 Å². The van der Waals surface area contributed by atoms with Crippen molar-refractivity contribution in [3.8, 4) is 11.9 Å². The number of rotatable bonds is 4. The predicted octanol–water partition coefficient (Wildman–Crippen LogP) is 2.55. The highest BCUT2D eigenvalue weighted by atomic mass is 16.5. The van der Waals surface area contributed by atoms with Crippen molar-refractivity contribution in [1.82, 2.24) is 0 Å². The molecule has 0 N–H and O–H groups in total. The molecule has 18 heavy (non-hydrogen) atoms. The number of hydrogen-bond donors (Lipinski definition) is 0. The van der Waals surface area contributed by atoms with E-state index in [0.29, 0.717) is 6.54 Å². The van der Waals surface area contributed by atoms with Gasteiger partial charge in [-0.2, -0.15) is 5.26 Å². The van der Waals surface area contributed by atoms with E-state index >= 15 is 0 Å². The first-order valence-corrected chi connectivity index (χ1v) is 6.26. The van der Waals surface area contributed by atoms with Crippen LogP contribution in [-0.4, -0.2) is 26.4 Å². The van der Waals surface area contributed by atoms with Crippen molar-refractivity contribution in [2.24, 2.45) is 0 Å². The lowest BCUT2D eigenvalue weighted by atomic mass is 10.1. The Kier molecular flexibility index (Phi) is 4.43. The third kappa shape index (κ3) is 3.14. The monoisotopic (exact) mass is 246 g/mol. The van der Waals surface area contributed by atoms with Gasteiger partial charge < -0.3 is 9.47 Å². The highest BCUT2D eigenvalue weighted by Gasteiger charge is 2.18. The third-order valence-electron chi connectivity index (χ3n) is 3.17. The Morgan fingerprint density at radius 3 is 2.72 bits per heavy atom. The Hall–Kier alpha value is -1.73. The van der Waals surface area contributed by atoms with Gasteiger partial charge in [0.2, 0.25) is 0 Å². The van der Waals surface area contributed by atoms with Crippen LogP contribution in [0.3, 0.4) is 0 Å². The maximum atomic E-state index is 9.23. The van der Waals surface area contributed by atoms with Crippen LogP contribution in [0.4, 0.5) is 5.69 Å². The molecule has 4 heteroatoms. The number of benzene rings is 1. The Morgan fingerprint density at radius 2 is 2.17 bits per heavy atom. The van der Waals surface area contributed by atoms with Gasteiger partial charge in [0.05, 0.1) is 25.4 Å². The number of hydrogen-bond acceptors (Lipinski definition) is 4. The fourth-order valence-corrected chi connectivity index (χ4v) is 2.12. The highest BCUT2D eigenvalue weighted by molar-refractivity contribution is 5.52. The highest BCUT2D eigenvalue weighted by Crippen LogP contribution is 2.21. The second-order valence-corrected chi connectivity index (χ2v) is 4.40. The van der Waals surface area contributed by atoms with E-state index in [-0.39, 0.29) is 6.10 Å². The average molecular weight is 246 g/mol. The summed E-state index contributed by atoms with van der Waals surface area (Å²) in [6.07, 6.45) is 5.74. The van der Waals surface area contributed by atoms with E-state index in [4.69, 9.17) is 9.47 Å². The minimum absolute atomic E-state index is 0.167. The second kappa shape index (κ2) is 6.27. The van der Waals surface area contributed by atoms with Gasteiger partial charge >= 0.3 is 0 Å². The largest absolute Gasteiger partial charge is 0.497 e. The molecular weight excluding hydrogens is 228 g/mol. The van der Waals surface area contributed by atoms with E-state index in [1.54, 1.807) is 12.0 Å². The number of ether oxygens (including phenoxy) is 2. The summed E-state index contributed by atoms with van der Waals surface area (Å²) >= 11 is 0. The van der Waals surface area contributed by atoms with Gasteiger partial charge in [-0.1, -0.05) is 0 Å². The first-order valence-electron chi connectivity index (χ1n) is 6.26. The summed E-state index contributed by atoms with van der Waals surface area (Å²) in [6, 6.07) is 7.51. The Balaban J connectivity index is 2.00. The van der Waals surface area contributed by atoms with E-state index in [2.05, 4.69) is 6.19 Å². The van der Waals surface area contributed by atoms with Crippen LogP contribution in [-0.2, 0) is 4.74 Å². The quantitative estimate of drug-likeness (QED) is 0.605. The molecule has 0 spiro atoms. The van der Waals surface area contributed by atoms with E-state index in [9.17, 15) is 5.26 Å². The fourth-order valence-electron chi connectivity index (χ4n) is 2.12. The zero-order valence-electron chi connectivity index (χ0n) is 10.6. The Labute approximate surface area is 108 Å². The van der Waals surface area contributed by atoms with Crippen molar-refractivity contribution in [1.29, 1.82) is 5.26 Å². The molecule has 2 rings (SSSR count). The summed E-state index contributed by atoms with van der Waals surface area (Å²) in [5.41, 5.74) is 0.882. The zero-order chi connectivity index (χ0) is 12.8. The number of methoxy groups -OCH3 is 1. The summed E-state index contributed by atoms with van der Waals surface area (Å²) in [4.78, 5) is 1.68. The number of anilines is 1. The van der Waals surface area contributed by atoms with Crippen molar-refractivity contribution >= 4 is 5.69 Å². The molecule has 0 amide bonds. The van der Waals surface area contributed by atoms with Crippen molar-refractivity contribution in [2.75, 3.05) is 25.2 Å². The van der Waals surface area contributed by atoms with Gasteiger partial charge in [0.15, 0.2) is 6.19 Å². The van der Waals surface area contributed by atoms with Gasteiger partial charge in [-0.3, -0.25) is 4.90 Å². The molecule has 0 aromatic heterocycles. The summed E-state index contributed by atoms with van der Waals surface area (Å²) < 4.78 is 10.8. The normalized spacial score (nSPS) is 19.0. The van der Waals surface area contributed by atoms with Crippen molar-refractivity contribution in [3.63, 3.8) is 0 Å². The van der Waals surface area contributed by atoms with Gasteiger partial charge in [0.25, 0.3) is 0 Å². The molecule has 1 aromatic rings. The maximum Gasteiger partial charge on any atom is 0.184 e. The molecule has 1 saturated heterocycles. The minimum atomic E-state index is 0.167. The molecule has 1 atom stereocenters. The molecule has 1 heterocycles. The standard InChI is InChI=1S/C14H18N2O2/c1-17-13-7-5-12(6-8-13)16(11-15)10-14-4-2-3-9-18-14/h5-8,14H,2-4,9-10H2,1H3. The molecule has 1 fully saturated rings. The lowest BCUT2D eigenvalue weighted by molar-refractivity contribution is 0.0223. The summed E-state index contributed by atoms with van der Waals surface area (Å²) in [7, 11) is 1.63. The smallest absolute Gasteiger partial charge is 0.184 e. The second-order valence-electron chi connectivity index (χ2n) is 4.40. The molecule has 1 aliphatic heterocycles. The van der Waals surface area contributed by atoms with Gasteiger partial charge in [0, 0.05) is 6.61 Å².